The summed E-state index contributed by atoms with van der Waals surface area (Å²) in [4.78, 5) is 23.5. The summed E-state index contributed by atoms with van der Waals surface area (Å²) in [6.07, 6.45) is 5.14. The van der Waals surface area contributed by atoms with Gasteiger partial charge in [-0.15, -0.1) is 0 Å². The van der Waals surface area contributed by atoms with Crippen molar-refractivity contribution in [3.05, 3.63) is 89.2 Å². The number of ether oxygens (including phenoxy) is 2. The second kappa shape index (κ2) is 6.90. The van der Waals surface area contributed by atoms with Crippen molar-refractivity contribution in [1.82, 2.24) is 14.9 Å². The lowest BCUT2D eigenvalue weighted by Crippen LogP contribution is -2.32. The number of hydrogen-bond donors (Lipinski definition) is 0. The first-order valence-corrected chi connectivity index (χ1v) is 9.04. The molecule has 3 aromatic rings. The predicted octanol–water partition coefficient (Wildman–Crippen LogP) is 3.44. The van der Waals surface area contributed by atoms with E-state index in [1.165, 1.54) is 0 Å². The van der Waals surface area contributed by atoms with Crippen LogP contribution in [0.3, 0.4) is 0 Å². The molecular formula is C22H17N3O3. The fourth-order valence-electron chi connectivity index (χ4n) is 3.42. The molecule has 0 N–H and O–H groups in total. The zero-order chi connectivity index (χ0) is 18.9. The Labute approximate surface area is 162 Å². The van der Waals surface area contributed by atoms with Gasteiger partial charge in [-0.25, -0.2) is 0 Å². The maximum absolute atomic E-state index is 12.8. The van der Waals surface area contributed by atoms with Gasteiger partial charge in [0.05, 0.1) is 22.5 Å². The third kappa shape index (κ3) is 3.04. The van der Waals surface area contributed by atoms with Crippen molar-refractivity contribution in [2.75, 3.05) is 6.73 Å². The Morgan fingerprint density at radius 3 is 2.68 bits per heavy atom. The largest absolute Gasteiger partial charge is 0.478 e. The second-order valence-corrected chi connectivity index (χ2v) is 6.69. The van der Waals surface area contributed by atoms with Gasteiger partial charge in [-0.3, -0.25) is 19.7 Å². The number of rotatable bonds is 3. The molecule has 0 radical (unpaired) electrons. The highest BCUT2D eigenvalue weighted by Gasteiger charge is 2.33. The summed E-state index contributed by atoms with van der Waals surface area (Å²) >= 11 is 0. The van der Waals surface area contributed by atoms with E-state index in [9.17, 15) is 4.79 Å². The average molecular weight is 371 g/mol. The monoisotopic (exact) mass is 371 g/mol. The van der Waals surface area contributed by atoms with Gasteiger partial charge in [0.25, 0.3) is 0 Å². The number of carbonyl (C=O) groups is 1. The molecule has 6 nitrogen and oxygen atoms in total. The Kier molecular flexibility index (Phi) is 4.10. The minimum Gasteiger partial charge on any atom is -0.478 e. The van der Waals surface area contributed by atoms with E-state index in [1.807, 2.05) is 42.5 Å². The molecule has 0 unspecified atom stereocenters. The Balaban J connectivity index is 1.44. The molecule has 0 bridgehead atoms. The summed E-state index contributed by atoms with van der Waals surface area (Å²) in [7, 11) is 0. The first-order chi connectivity index (χ1) is 13.8. The predicted molar refractivity (Wildman–Crippen MR) is 103 cm³/mol. The van der Waals surface area contributed by atoms with E-state index in [0.29, 0.717) is 36.8 Å². The molecular weight excluding hydrogens is 354 g/mol. The number of ketones is 1. The van der Waals surface area contributed by atoms with E-state index in [-0.39, 0.29) is 11.5 Å². The molecule has 0 saturated carbocycles. The van der Waals surface area contributed by atoms with Crippen LogP contribution in [0.2, 0.25) is 0 Å². The first kappa shape index (κ1) is 16.6. The smallest absolute Gasteiger partial charge is 0.232 e. The summed E-state index contributed by atoms with van der Waals surface area (Å²) < 4.78 is 11.9. The number of carbonyl (C=O) groups excluding carboxylic acids is 1. The fraction of sp³-hybridized carbons (Fsp3) is 0.136. The van der Waals surface area contributed by atoms with Crippen molar-refractivity contribution in [3.8, 4) is 11.5 Å². The molecule has 0 fully saturated rings. The maximum atomic E-state index is 12.8. The van der Waals surface area contributed by atoms with Gasteiger partial charge in [-0.05, 0) is 36.4 Å². The number of hydrogen-bond acceptors (Lipinski definition) is 6. The van der Waals surface area contributed by atoms with Gasteiger partial charge in [0.2, 0.25) is 5.78 Å². The van der Waals surface area contributed by atoms with Crippen molar-refractivity contribution in [1.29, 1.82) is 0 Å². The van der Waals surface area contributed by atoms with Gasteiger partial charge < -0.3 is 9.47 Å². The molecule has 1 aromatic carbocycles. The van der Waals surface area contributed by atoms with Crippen LogP contribution in [0, 0.1) is 0 Å². The minimum atomic E-state index is -0.134. The quantitative estimate of drug-likeness (QED) is 0.657. The number of allylic oxidation sites excluding steroid dienone is 1. The highest BCUT2D eigenvalue weighted by molar-refractivity contribution is 6.14. The molecule has 2 aliphatic heterocycles. The van der Waals surface area contributed by atoms with Crippen LogP contribution in [0.5, 0.6) is 11.5 Å². The van der Waals surface area contributed by atoms with Crippen LogP contribution in [-0.4, -0.2) is 27.4 Å². The Morgan fingerprint density at radius 1 is 1.04 bits per heavy atom. The Morgan fingerprint density at radius 2 is 1.89 bits per heavy atom. The van der Waals surface area contributed by atoms with Gasteiger partial charge in [-0.1, -0.05) is 12.1 Å². The fourth-order valence-corrected chi connectivity index (χ4v) is 3.42. The molecule has 0 spiro atoms. The molecule has 4 heterocycles. The highest BCUT2D eigenvalue weighted by Crippen LogP contribution is 2.42. The maximum Gasteiger partial charge on any atom is 0.232 e. The van der Waals surface area contributed by atoms with E-state index < -0.39 is 0 Å². The lowest BCUT2D eigenvalue weighted by molar-refractivity contribution is 0.0861. The molecule has 28 heavy (non-hydrogen) atoms. The average Bonchev–Trinajstić information content (AvgIpc) is 3.05. The van der Waals surface area contributed by atoms with Crippen LogP contribution in [-0.2, 0) is 13.1 Å². The van der Waals surface area contributed by atoms with Crippen LogP contribution >= 0.6 is 0 Å². The van der Waals surface area contributed by atoms with Crippen LogP contribution in [0.4, 0.5) is 0 Å². The highest BCUT2D eigenvalue weighted by atomic mass is 16.5. The topological polar surface area (TPSA) is 64.5 Å². The minimum absolute atomic E-state index is 0.134. The summed E-state index contributed by atoms with van der Waals surface area (Å²) in [5, 5.41) is 0. The van der Waals surface area contributed by atoms with Crippen molar-refractivity contribution in [3.63, 3.8) is 0 Å². The summed E-state index contributed by atoms with van der Waals surface area (Å²) in [5.74, 6) is 1.48. The van der Waals surface area contributed by atoms with E-state index in [0.717, 1.165) is 17.0 Å². The van der Waals surface area contributed by atoms with Gasteiger partial charge >= 0.3 is 0 Å². The molecule has 0 atom stereocenters. The van der Waals surface area contributed by atoms with Gasteiger partial charge in [0.15, 0.2) is 5.76 Å². The van der Waals surface area contributed by atoms with Gasteiger partial charge in [0.1, 0.15) is 18.2 Å². The van der Waals surface area contributed by atoms with Crippen LogP contribution < -0.4 is 9.47 Å². The van der Waals surface area contributed by atoms with E-state index in [2.05, 4.69) is 14.9 Å². The van der Waals surface area contributed by atoms with E-state index >= 15 is 0 Å². The molecule has 2 aliphatic rings. The van der Waals surface area contributed by atoms with Crippen molar-refractivity contribution >= 4 is 11.9 Å². The molecule has 0 amide bonds. The van der Waals surface area contributed by atoms with Crippen LogP contribution in [0.1, 0.15) is 27.3 Å². The SMILES string of the molecule is O=C1/C(=C/c2ccccn2)Oc2c1ccc1c2CN(Cc2ccccn2)CO1. The van der Waals surface area contributed by atoms with E-state index in [1.54, 1.807) is 24.5 Å². The number of aromatic nitrogens is 2. The Hall–Kier alpha value is -3.51. The molecule has 0 aliphatic carbocycles. The molecule has 0 saturated heterocycles. The number of benzene rings is 1. The van der Waals surface area contributed by atoms with Gasteiger partial charge in [-0.2, -0.15) is 0 Å². The van der Waals surface area contributed by atoms with Crippen LogP contribution in [0.25, 0.3) is 6.08 Å². The lowest BCUT2D eigenvalue weighted by atomic mass is 10.0. The zero-order valence-electron chi connectivity index (χ0n) is 15.0. The van der Waals surface area contributed by atoms with Crippen LogP contribution in [0.15, 0.2) is 66.7 Å². The summed E-state index contributed by atoms with van der Waals surface area (Å²) in [5.41, 5.74) is 3.09. The van der Waals surface area contributed by atoms with Gasteiger partial charge in [0, 0.05) is 31.6 Å². The van der Waals surface area contributed by atoms with Crippen molar-refractivity contribution in [2.45, 2.75) is 13.1 Å². The molecule has 138 valence electrons. The number of fused-ring (bicyclic) bond motifs is 3. The number of Topliss-reactive ketones (excluding diaryl/α,β-unsaturated/α-hetero) is 1. The standard InChI is InChI=1S/C22H17N3O3/c26-21-17-7-8-19-18(13-25(14-27-19)12-16-6-2-4-10-24-16)22(17)28-20(21)11-15-5-1-3-9-23-15/h1-11H,12-14H2/b20-11-. The summed E-state index contributed by atoms with van der Waals surface area (Å²) in [6.45, 7) is 1.75. The third-order valence-electron chi connectivity index (χ3n) is 4.76. The lowest BCUT2D eigenvalue weighted by Gasteiger charge is -2.29. The zero-order valence-corrected chi connectivity index (χ0v) is 15.0. The molecule has 6 heteroatoms. The second-order valence-electron chi connectivity index (χ2n) is 6.69. The molecule has 5 rings (SSSR count). The normalized spacial score (nSPS) is 17.0. The number of pyridine rings is 2. The molecule has 2 aromatic heterocycles. The van der Waals surface area contributed by atoms with Crippen molar-refractivity contribution in [2.24, 2.45) is 0 Å². The first-order valence-electron chi connectivity index (χ1n) is 9.04. The van der Waals surface area contributed by atoms with E-state index in [4.69, 9.17) is 9.47 Å². The summed E-state index contributed by atoms with van der Waals surface area (Å²) in [6, 6.07) is 15.0. The third-order valence-corrected chi connectivity index (χ3v) is 4.76. The number of nitrogens with zero attached hydrogens (tertiary/aromatic N) is 3. The Bertz CT molecular complexity index is 1070. The van der Waals surface area contributed by atoms with Crippen molar-refractivity contribution < 1.29 is 14.3 Å².